The Balaban J connectivity index is 1.74. The van der Waals surface area contributed by atoms with E-state index in [1.807, 2.05) is 54.7 Å². The van der Waals surface area contributed by atoms with Crippen molar-refractivity contribution in [2.45, 2.75) is 19.4 Å². The topological polar surface area (TPSA) is 46.5 Å². The highest BCUT2D eigenvalue weighted by Gasteiger charge is 2.22. The predicted octanol–water partition coefficient (Wildman–Crippen LogP) is 3.00. The van der Waals surface area contributed by atoms with Gasteiger partial charge in [0.05, 0.1) is 5.69 Å². The second-order valence-corrected chi connectivity index (χ2v) is 5.47. The Morgan fingerprint density at radius 1 is 1.09 bits per heavy atom. The Bertz CT molecular complexity index is 592. The molecule has 0 saturated carbocycles. The SMILES string of the molecule is c1ccc(CON=C(c2ccccn2)C2CCNCC2)cc1. The van der Waals surface area contributed by atoms with Gasteiger partial charge in [-0.05, 0) is 43.6 Å². The molecule has 1 fully saturated rings. The van der Waals surface area contributed by atoms with Crippen LogP contribution in [0, 0.1) is 5.92 Å². The molecule has 0 unspecified atom stereocenters. The first-order valence-electron chi connectivity index (χ1n) is 7.79. The van der Waals surface area contributed by atoms with Crippen molar-refractivity contribution in [2.24, 2.45) is 11.1 Å². The van der Waals surface area contributed by atoms with E-state index in [0.717, 1.165) is 42.9 Å². The number of hydrogen-bond acceptors (Lipinski definition) is 4. The molecule has 4 heteroatoms. The van der Waals surface area contributed by atoms with E-state index >= 15 is 0 Å². The van der Waals surface area contributed by atoms with Crippen molar-refractivity contribution < 1.29 is 4.84 Å². The van der Waals surface area contributed by atoms with Gasteiger partial charge in [0.25, 0.3) is 0 Å². The third-order valence-corrected chi connectivity index (χ3v) is 3.89. The third kappa shape index (κ3) is 3.92. The monoisotopic (exact) mass is 295 g/mol. The Morgan fingerprint density at radius 3 is 2.59 bits per heavy atom. The minimum absolute atomic E-state index is 0.409. The molecule has 0 atom stereocenters. The van der Waals surface area contributed by atoms with Crippen molar-refractivity contribution in [3.05, 3.63) is 66.0 Å². The van der Waals surface area contributed by atoms with Gasteiger partial charge in [0, 0.05) is 12.1 Å². The maximum Gasteiger partial charge on any atom is 0.142 e. The van der Waals surface area contributed by atoms with Crippen LogP contribution in [0.1, 0.15) is 24.1 Å². The standard InChI is InChI=1S/C18H21N3O/c1-2-6-15(7-3-1)14-22-21-18(16-9-12-19-13-10-16)17-8-4-5-11-20-17/h1-8,11,16,19H,9-10,12-14H2. The summed E-state index contributed by atoms with van der Waals surface area (Å²) in [6, 6.07) is 16.0. The zero-order valence-corrected chi connectivity index (χ0v) is 12.6. The zero-order valence-electron chi connectivity index (χ0n) is 12.6. The van der Waals surface area contributed by atoms with E-state index in [1.165, 1.54) is 0 Å². The molecule has 2 aromatic rings. The van der Waals surface area contributed by atoms with E-state index < -0.39 is 0 Å². The summed E-state index contributed by atoms with van der Waals surface area (Å²) >= 11 is 0. The fourth-order valence-electron chi connectivity index (χ4n) is 2.69. The molecule has 1 aromatic carbocycles. The Kier molecular flexibility index (Phi) is 5.16. The highest BCUT2D eigenvalue weighted by Crippen LogP contribution is 2.18. The summed E-state index contributed by atoms with van der Waals surface area (Å²) in [5.41, 5.74) is 3.01. The number of nitrogens with zero attached hydrogens (tertiary/aromatic N) is 2. The molecule has 114 valence electrons. The molecule has 1 aromatic heterocycles. The van der Waals surface area contributed by atoms with E-state index in [1.54, 1.807) is 0 Å². The van der Waals surface area contributed by atoms with Crippen molar-refractivity contribution in [1.82, 2.24) is 10.3 Å². The van der Waals surface area contributed by atoms with Gasteiger partial charge in [-0.3, -0.25) is 4.98 Å². The molecule has 22 heavy (non-hydrogen) atoms. The molecule has 1 N–H and O–H groups in total. The van der Waals surface area contributed by atoms with Gasteiger partial charge in [-0.25, -0.2) is 0 Å². The largest absolute Gasteiger partial charge is 0.391 e. The van der Waals surface area contributed by atoms with E-state index in [4.69, 9.17) is 4.84 Å². The molecule has 1 aliphatic heterocycles. The van der Waals surface area contributed by atoms with Crippen LogP contribution < -0.4 is 5.32 Å². The quantitative estimate of drug-likeness (QED) is 0.681. The number of piperidine rings is 1. The van der Waals surface area contributed by atoms with Crippen molar-refractivity contribution in [3.8, 4) is 0 Å². The number of nitrogens with one attached hydrogen (secondary N) is 1. The normalized spacial score (nSPS) is 16.5. The average Bonchev–Trinajstić information content (AvgIpc) is 2.61. The number of aromatic nitrogens is 1. The summed E-state index contributed by atoms with van der Waals surface area (Å²) in [6.07, 6.45) is 3.96. The second kappa shape index (κ2) is 7.71. The maximum atomic E-state index is 5.62. The molecular weight excluding hydrogens is 274 g/mol. The van der Waals surface area contributed by atoms with Crippen molar-refractivity contribution >= 4 is 5.71 Å². The van der Waals surface area contributed by atoms with Crippen LogP contribution in [0.4, 0.5) is 0 Å². The lowest BCUT2D eigenvalue weighted by molar-refractivity contribution is 0.128. The zero-order chi connectivity index (χ0) is 15.0. The van der Waals surface area contributed by atoms with E-state index in [0.29, 0.717) is 12.5 Å². The number of benzene rings is 1. The molecule has 1 aliphatic rings. The van der Waals surface area contributed by atoms with Gasteiger partial charge in [-0.1, -0.05) is 41.6 Å². The van der Waals surface area contributed by atoms with Crippen LogP contribution in [0.5, 0.6) is 0 Å². The fraction of sp³-hybridized carbons (Fsp3) is 0.333. The number of rotatable bonds is 5. The smallest absolute Gasteiger partial charge is 0.142 e. The summed E-state index contributed by atoms with van der Waals surface area (Å²) in [7, 11) is 0. The van der Waals surface area contributed by atoms with Gasteiger partial charge in [0.2, 0.25) is 0 Å². The van der Waals surface area contributed by atoms with Crippen LogP contribution in [-0.4, -0.2) is 23.8 Å². The number of oxime groups is 1. The second-order valence-electron chi connectivity index (χ2n) is 5.47. The van der Waals surface area contributed by atoms with Crippen LogP contribution in [0.2, 0.25) is 0 Å². The molecule has 0 bridgehead atoms. The van der Waals surface area contributed by atoms with Crippen LogP contribution in [0.15, 0.2) is 59.9 Å². The molecule has 4 nitrogen and oxygen atoms in total. The first-order valence-corrected chi connectivity index (χ1v) is 7.79. The van der Waals surface area contributed by atoms with Gasteiger partial charge in [-0.15, -0.1) is 0 Å². The van der Waals surface area contributed by atoms with Gasteiger partial charge in [0.1, 0.15) is 12.3 Å². The molecule has 0 spiro atoms. The highest BCUT2D eigenvalue weighted by molar-refractivity contribution is 6.00. The minimum atomic E-state index is 0.409. The van der Waals surface area contributed by atoms with Crippen LogP contribution in [0.3, 0.4) is 0 Å². The summed E-state index contributed by atoms with van der Waals surface area (Å²) in [4.78, 5) is 10.1. The Morgan fingerprint density at radius 2 is 1.86 bits per heavy atom. The summed E-state index contributed by atoms with van der Waals surface area (Å²) < 4.78 is 0. The van der Waals surface area contributed by atoms with Gasteiger partial charge in [0.15, 0.2) is 0 Å². The fourth-order valence-corrected chi connectivity index (χ4v) is 2.69. The average molecular weight is 295 g/mol. The van der Waals surface area contributed by atoms with Crippen molar-refractivity contribution in [2.75, 3.05) is 13.1 Å². The molecule has 0 radical (unpaired) electrons. The number of hydrogen-bond donors (Lipinski definition) is 1. The Hall–Kier alpha value is -2.20. The molecular formula is C18H21N3O. The van der Waals surface area contributed by atoms with E-state index in [9.17, 15) is 0 Å². The van der Waals surface area contributed by atoms with E-state index in [-0.39, 0.29) is 0 Å². The lowest BCUT2D eigenvalue weighted by Gasteiger charge is -2.23. The van der Waals surface area contributed by atoms with Gasteiger partial charge >= 0.3 is 0 Å². The molecule has 0 aliphatic carbocycles. The highest BCUT2D eigenvalue weighted by atomic mass is 16.6. The lowest BCUT2D eigenvalue weighted by Crippen LogP contribution is -2.32. The molecule has 1 saturated heterocycles. The van der Waals surface area contributed by atoms with E-state index in [2.05, 4.69) is 15.5 Å². The van der Waals surface area contributed by atoms with Crippen LogP contribution >= 0.6 is 0 Å². The lowest BCUT2D eigenvalue weighted by atomic mass is 9.91. The maximum absolute atomic E-state index is 5.62. The van der Waals surface area contributed by atoms with Crippen LogP contribution in [-0.2, 0) is 11.4 Å². The molecule has 3 rings (SSSR count). The van der Waals surface area contributed by atoms with Crippen molar-refractivity contribution in [1.29, 1.82) is 0 Å². The molecule has 2 heterocycles. The Labute approximate surface area is 131 Å². The molecule has 0 amide bonds. The first-order chi connectivity index (χ1) is 10.9. The summed E-state index contributed by atoms with van der Waals surface area (Å²) in [6.45, 7) is 2.53. The van der Waals surface area contributed by atoms with Gasteiger partial charge < -0.3 is 10.2 Å². The minimum Gasteiger partial charge on any atom is -0.391 e. The number of pyridine rings is 1. The third-order valence-electron chi connectivity index (χ3n) is 3.89. The van der Waals surface area contributed by atoms with Gasteiger partial charge in [-0.2, -0.15) is 0 Å². The first kappa shape index (κ1) is 14.7. The summed E-state index contributed by atoms with van der Waals surface area (Å²) in [5, 5.41) is 7.83. The summed E-state index contributed by atoms with van der Waals surface area (Å²) in [5.74, 6) is 0.409. The van der Waals surface area contributed by atoms with Crippen molar-refractivity contribution in [3.63, 3.8) is 0 Å². The van der Waals surface area contributed by atoms with Crippen LogP contribution in [0.25, 0.3) is 0 Å². The predicted molar refractivity (Wildman–Crippen MR) is 87.6 cm³/mol.